The Labute approximate surface area is 115 Å². The fourth-order valence-corrected chi connectivity index (χ4v) is 1.95. The van der Waals surface area contributed by atoms with Crippen LogP contribution in [-0.2, 0) is 0 Å². The fourth-order valence-electron chi connectivity index (χ4n) is 1.52. The molecule has 0 saturated heterocycles. The summed E-state index contributed by atoms with van der Waals surface area (Å²) in [6.45, 7) is 1.86. The number of halogens is 3. The van der Waals surface area contributed by atoms with Crippen LogP contribution in [0.3, 0.4) is 0 Å². The first-order chi connectivity index (χ1) is 8.47. The van der Waals surface area contributed by atoms with E-state index in [-0.39, 0.29) is 5.82 Å². The summed E-state index contributed by atoms with van der Waals surface area (Å²) in [6, 6.07) is 7.51. The SMILES string of the molecule is Cc1cc(Cl)c(Nc2cc(F)ccc2N)cc1Cl. The summed E-state index contributed by atoms with van der Waals surface area (Å²) in [6.07, 6.45) is 0. The zero-order valence-electron chi connectivity index (χ0n) is 9.60. The molecule has 0 aromatic heterocycles. The number of hydrogen-bond acceptors (Lipinski definition) is 2. The number of anilines is 3. The minimum absolute atomic E-state index is 0.374. The van der Waals surface area contributed by atoms with Gasteiger partial charge in [0.1, 0.15) is 5.82 Å². The summed E-state index contributed by atoms with van der Waals surface area (Å²) in [5.41, 5.74) is 8.10. The van der Waals surface area contributed by atoms with Gasteiger partial charge in [-0.25, -0.2) is 4.39 Å². The van der Waals surface area contributed by atoms with Gasteiger partial charge in [-0.3, -0.25) is 0 Å². The van der Waals surface area contributed by atoms with Crippen molar-refractivity contribution >= 4 is 40.3 Å². The predicted octanol–water partition coefficient (Wildman–Crippen LogP) is 4.77. The van der Waals surface area contributed by atoms with E-state index in [1.54, 1.807) is 12.1 Å². The molecule has 3 N–H and O–H groups in total. The molecule has 5 heteroatoms. The highest BCUT2D eigenvalue weighted by Gasteiger charge is 2.07. The summed E-state index contributed by atoms with van der Waals surface area (Å²) in [5, 5.41) is 4.05. The van der Waals surface area contributed by atoms with E-state index in [4.69, 9.17) is 28.9 Å². The molecule has 2 nitrogen and oxygen atoms in total. The molecule has 0 saturated carbocycles. The lowest BCUT2D eigenvalue weighted by Gasteiger charge is -2.12. The molecule has 2 aromatic carbocycles. The Kier molecular flexibility index (Phi) is 3.64. The summed E-state index contributed by atoms with van der Waals surface area (Å²) in [7, 11) is 0. The van der Waals surface area contributed by atoms with Gasteiger partial charge in [-0.15, -0.1) is 0 Å². The third-order valence-electron chi connectivity index (χ3n) is 2.53. The van der Waals surface area contributed by atoms with Crippen molar-refractivity contribution in [1.82, 2.24) is 0 Å². The van der Waals surface area contributed by atoms with Crippen LogP contribution < -0.4 is 11.1 Å². The molecule has 0 amide bonds. The maximum atomic E-state index is 13.1. The van der Waals surface area contributed by atoms with Gasteiger partial charge in [-0.1, -0.05) is 23.2 Å². The minimum atomic E-state index is -0.374. The highest BCUT2D eigenvalue weighted by molar-refractivity contribution is 6.35. The maximum absolute atomic E-state index is 13.1. The first-order valence-corrected chi connectivity index (χ1v) is 6.00. The zero-order valence-corrected chi connectivity index (χ0v) is 11.1. The van der Waals surface area contributed by atoms with Crippen LogP contribution in [0.15, 0.2) is 30.3 Å². The molecule has 94 valence electrons. The molecule has 0 atom stereocenters. The second-order valence-corrected chi connectivity index (χ2v) is 4.75. The highest BCUT2D eigenvalue weighted by atomic mass is 35.5. The maximum Gasteiger partial charge on any atom is 0.125 e. The molecule has 0 heterocycles. The first kappa shape index (κ1) is 13.0. The number of rotatable bonds is 2. The lowest BCUT2D eigenvalue weighted by molar-refractivity contribution is 0.628. The Morgan fingerprint density at radius 2 is 1.78 bits per heavy atom. The first-order valence-electron chi connectivity index (χ1n) is 5.25. The Bertz CT molecular complexity index is 600. The van der Waals surface area contributed by atoms with Gasteiger partial charge >= 0.3 is 0 Å². The Hall–Kier alpha value is -1.45. The minimum Gasteiger partial charge on any atom is -0.397 e. The lowest BCUT2D eigenvalue weighted by Crippen LogP contribution is -1.98. The van der Waals surface area contributed by atoms with Crippen molar-refractivity contribution in [2.24, 2.45) is 0 Å². The highest BCUT2D eigenvalue weighted by Crippen LogP contribution is 2.32. The molecule has 0 unspecified atom stereocenters. The largest absolute Gasteiger partial charge is 0.397 e. The molecule has 0 radical (unpaired) electrons. The summed E-state index contributed by atoms with van der Waals surface area (Å²) >= 11 is 12.1. The number of nitrogens with one attached hydrogen (secondary N) is 1. The third kappa shape index (κ3) is 2.68. The van der Waals surface area contributed by atoms with E-state index in [0.29, 0.717) is 27.1 Å². The van der Waals surface area contributed by atoms with E-state index in [1.165, 1.54) is 18.2 Å². The van der Waals surface area contributed by atoms with Gasteiger partial charge < -0.3 is 11.1 Å². The van der Waals surface area contributed by atoms with Crippen LogP contribution in [0.1, 0.15) is 5.56 Å². The lowest BCUT2D eigenvalue weighted by atomic mass is 10.2. The average molecular weight is 285 g/mol. The van der Waals surface area contributed by atoms with Crippen molar-refractivity contribution < 1.29 is 4.39 Å². The Morgan fingerprint density at radius 1 is 1.06 bits per heavy atom. The van der Waals surface area contributed by atoms with Gasteiger partial charge in [0.05, 0.1) is 22.1 Å². The number of aryl methyl sites for hydroxylation is 1. The van der Waals surface area contributed by atoms with E-state index in [9.17, 15) is 4.39 Å². The fraction of sp³-hybridized carbons (Fsp3) is 0.0769. The average Bonchev–Trinajstić information content (AvgIpc) is 2.30. The number of benzene rings is 2. The van der Waals surface area contributed by atoms with Crippen molar-refractivity contribution in [2.75, 3.05) is 11.1 Å². The van der Waals surface area contributed by atoms with E-state index in [0.717, 1.165) is 5.56 Å². The second-order valence-electron chi connectivity index (χ2n) is 3.94. The van der Waals surface area contributed by atoms with Gasteiger partial charge in [0.25, 0.3) is 0 Å². The van der Waals surface area contributed by atoms with Crippen LogP contribution in [-0.4, -0.2) is 0 Å². The topological polar surface area (TPSA) is 38.0 Å². The molecule has 2 aromatic rings. The van der Waals surface area contributed by atoms with E-state index < -0.39 is 0 Å². The van der Waals surface area contributed by atoms with Gasteiger partial charge in [-0.05, 0) is 42.8 Å². The summed E-state index contributed by atoms with van der Waals surface area (Å²) < 4.78 is 13.1. The van der Waals surface area contributed by atoms with Crippen molar-refractivity contribution in [2.45, 2.75) is 6.92 Å². The van der Waals surface area contributed by atoms with Crippen molar-refractivity contribution in [3.63, 3.8) is 0 Å². The molecule has 0 aliphatic rings. The van der Waals surface area contributed by atoms with Crippen molar-refractivity contribution in [1.29, 1.82) is 0 Å². The molecule has 0 aliphatic carbocycles. The number of nitrogen functional groups attached to an aromatic ring is 1. The monoisotopic (exact) mass is 284 g/mol. The van der Waals surface area contributed by atoms with Gasteiger partial charge in [0.2, 0.25) is 0 Å². The summed E-state index contributed by atoms with van der Waals surface area (Å²) in [4.78, 5) is 0. The van der Waals surface area contributed by atoms with Crippen molar-refractivity contribution in [3.05, 3.63) is 51.8 Å². The number of hydrogen-bond donors (Lipinski definition) is 2. The van der Waals surface area contributed by atoms with Crippen LogP contribution in [0.2, 0.25) is 10.0 Å². The molecule has 18 heavy (non-hydrogen) atoms. The Balaban J connectivity index is 2.40. The molecule has 0 aliphatic heterocycles. The normalized spacial score (nSPS) is 10.4. The van der Waals surface area contributed by atoms with Crippen LogP contribution in [0, 0.1) is 12.7 Å². The van der Waals surface area contributed by atoms with Crippen molar-refractivity contribution in [3.8, 4) is 0 Å². The molecular formula is C13H11Cl2FN2. The van der Waals surface area contributed by atoms with Crippen LogP contribution in [0.4, 0.5) is 21.5 Å². The standard InChI is InChI=1S/C13H11Cl2FN2/c1-7-4-10(15)12(6-9(7)14)18-13-5-8(16)2-3-11(13)17/h2-6,18H,17H2,1H3. The van der Waals surface area contributed by atoms with Gasteiger partial charge in [-0.2, -0.15) is 0 Å². The van der Waals surface area contributed by atoms with E-state index in [1.807, 2.05) is 6.92 Å². The Morgan fingerprint density at radius 3 is 2.50 bits per heavy atom. The quantitative estimate of drug-likeness (QED) is 0.780. The second kappa shape index (κ2) is 5.04. The zero-order chi connectivity index (χ0) is 13.3. The van der Waals surface area contributed by atoms with Crippen LogP contribution >= 0.6 is 23.2 Å². The number of nitrogens with two attached hydrogens (primary N) is 1. The third-order valence-corrected chi connectivity index (χ3v) is 3.25. The van der Waals surface area contributed by atoms with Crippen LogP contribution in [0.5, 0.6) is 0 Å². The van der Waals surface area contributed by atoms with E-state index >= 15 is 0 Å². The van der Waals surface area contributed by atoms with Gasteiger partial charge in [0, 0.05) is 5.02 Å². The molecule has 0 fully saturated rings. The molecular weight excluding hydrogens is 274 g/mol. The molecule has 0 bridgehead atoms. The van der Waals surface area contributed by atoms with Gasteiger partial charge in [0.15, 0.2) is 0 Å². The molecule has 0 spiro atoms. The van der Waals surface area contributed by atoms with E-state index in [2.05, 4.69) is 5.32 Å². The van der Waals surface area contributed by atoms with Crippen LogP contribution in [0.25, 0.3) is 0 Å². The molecule has 2 rings (SSSR count). The smallest absolute Gasteiger partial charge is 0.125 e. The summed E-state index contributed by atoms with van der Waals surface area (Å²) in [5.74, 6) is -0.374. The predicted molar refractivity (Wildman–Crippen MR) is 75.3 cm³/mol.